The van der Waals surface area contributed by atoms with E-state index in [0.29, 0.717) is 25.7 Å². The Kier molecular flexibility index (Phi) is 74.4. The van der Waals surface area contributed by atoms with Gasteiger partial charge in [-0.25, -0.2) is 9.13 Å². The molecule has 0 spiro atoms. The normalized spacial score (nSPS) is 13.8. The van der Waals surface area contributed by atoms with E-state index in [1.54, 1.807) is 0 Å². The van der Waals surface area contributed by atoms with Crippen LogP contribution in [0, 0.1) is 5.92 Å². The van der Waals surface area contributed by atoms with Crippen molar-refractivity contribution in [1.29, 1.82) is 0 Å². The SMILES string of the molecule is CCCCCCCCCCCCCCCCCCCCCCCCC(=O)O[C@H](COC(=O)CCCCCCCCCCCCCCCC(C)C)COP(=O)(O)OC[C@@H](O)COP(=O)(O)OC[C@@H](COC(=O)CCCCCCCCCCC)OC(=O)CCCCCCCCCCCCCCCCC. The Balaban J connectivity index is 5.19. The van der Waals surface area contributed by atoms with Crippen LogP contribution in [0.15, 0.2) is 0 Å². The van der Waals surface area contributed by atoms with Crippen LogP contribution < -0.4 is 0 Å². The molecule has 0 aliphatic rings. The van der Waals surface area contributed by atoms with Gasteiger partial charge in [-0.2, -0.15) is 0 Å². The molecule has 19 heteroatoms. The van der Waals surface area contributed by atoms with E-state index >= 15 is 0 Å². The average Bonchev–Trinajstić information content (AvgIpc) is 0.912. The van der Waals surface area contributed by atoms with E-state index < -0.39 is 97.5 Å². The first-order valence-electron chi connectivity index (χ1n) is 43.1. The minimum atomic E-state index is -4.96. The second-order valence-corrected chi connectivity index (χ2v) is 33.3. The number of phosphoric ester groups is 2. The van der Waals surface area contributed by atoms with Crippen molar-refractivity contribution in [2.24, 2.45) is 5.92 Å². The summed E-state index contributed by atoms with van der Waals surface area (Å²) in [5.41, 5.74) is 0. The van der Waals surface area contributed by atoms with Crippen LogP contribution >= 0.6 is 15.6 Å². The number of rotatable bonds is 83. The number of aliphatic hydroxyl groups is 1. The zero-order chi connectivity index (χ0) is 74.8. The number of carbonyl (C=O) groups excluding carboxylic acids is 4. The lowest BCUT2D eigenvalue weighted by Gasteiger charge is -2.21. The summed E-state index contributed by atoms with van der Waals surface area (Å²) in [5.74, 6) is -1.31. The Bertz CT molecular complexity index is 1940. The molecule has 0 bridgehead atoms. The summed E-state index contributed by atoms with van der Waals surface area (Å²) >= 11 is 0. The fourth-order valence-corrected chi connectivity index (χ4v) is 14.5. The third-order valence-electron chi connectivity index (χ3n) is 19.5. The fraction of sp³-hybridized carbons (Fsp3) is 0.952. The molecule has 0 saturated carbocycles. The standard InChI is InChI=1S/C83H162O17P2/c1-6-9-12-15-18-21-23-25-27-28-29-30-31-32-33-35-39-44-49-54-59-64-69-83(88)100-79(73-94-81(86)67-62-57-52-47-42-40-36-37-41-46-50-55-60-65-76(4)5)75-98-102(91,92)96-71-77(84)70-95-101(89,90)97-74-78(72-93-80(85)66-61-56-51-45-20-17-14-11-8-3)99-82(87)68-63-58-53-48-43-38-34-26-24-22-19-16-13-10-7-2/h76-79,84H,6-75H2,1-5H3,(H,89,90)(H,91,92)/t77-,78+,79+/m0/s1. The highest BCUT2D eigenvalue weighted by atomic mass is 31.2. The van der Waals surface area contributed by atoms with Gasteiger partial charge in [0.1, 0.15) is 19.3 Å². The maximum Gasteiger partial charge on any atom is 0.472 e. The van der Waals surface area contributed by atoms with E-state index in [0.717, 1.165) is 95.8 Å². The van der Waals surface area contributed by atoms with Crippen LogP contribution in [0.25, 0.3) is 0 Å². The van der Waals surface area contributed by atoms with Gasteiger partial charge >= 0.3 is 39.5 Å². The first-order chi connectivity index (χ1) is 49.5. The monoisotopic (exact) mass is 1490 g/mol. The van der Waals surface area contributed by atoms with Crippen molar-refractivity contribution in [2.45, 2.75) is 464 Å². The Morgan fingerprint density at radius 1 is 0.265 bits per heavy atom. The molecule has 17 nitrogen and oxygen atoms in total. The summed E-state index contributed by atoms with van der Waals surface area (Å²) in [4.78, 5) is 73.0. The van der Waals surface area contributed by atoms with Crippen LogP contribution in [0.3, 0.4) is 0 Å². The maximum atomic E-state index is 13.1. The van der Waals surface area contributed by atoms with Gasteiger partial charge in [-0.15, -0.1) is 0 Å². The predicted octanol–water partition coefficient (Wildman–Crippen LogP) is 25.2. The van der Waals surface area contributed by atoms with Crippen molar-refractivity contribution in [1.82, 2.24) is 0 Å². The van der Waals surface area contributed by atoms with Crippen molar-refractivity contribution in [3.63, 3.8) is 0 Å². The zero-order valence-corrected chi connectivity index (χ0v) is 68.5. The van der Waals surface area contributed by atoms with Crippen LogP contribution in [0.1, 0.15) is 446 Å². The first-order valence-corrected chi connectivity index (χ1v) is 46.1. The number of hydrogen-bond donors (Lipinski definition) is 3. The van der Waals surface area contributed by atoms with Crippen LogP contribution in [0.4, 0.5) is 0 Å². The second-order valence-electron chi connectivity index (χ2n) is 30.3. The lowest BCUT2D eigenvalue weighted by Crippen LogP contribution is -2.30. The molecule has 0 aliphatic carbocycles. The molecular weight excluding hydrogens is 1330 g/mol. The Labute approximate surface area is 626 Å². The molecule has 0 rings (SSSR count). The van der Waals surface area contributed by atoms with Crippen LogP contribution in [0.5, 0.6) is 0 Å². The summed E-state index contributed by atoms with van der Waals surface area (Å²) in [6.45, 7) is 7.35. The molecule has 0 aromatic heterocycles. The molecule has 0 aliphatic heterocycles. The van der Waals surface area contributed by atoms with Gasteiger partial charge in [0.15, 0.2) is 12.2 Å². The summed E-state index contributed by atoms with van der Waals surface area (Å²) in [7, 11) is -9.92. The Hall–Kier alpha value is -1.94. The van der Waals surface area contributed by atoms with Crippen molar-refractivity contribution >= 4 is 39.5 Å². The van der Waals surface area contributed by atoms with E-state index in [1.165, 1.54) is 270 Å². The number of esters is 4. The third kappa shape index (κ3) is 76.3. The molecule has 3 N–H and O–H groups in total. The molecule has 0 heterocycles. The van der Waals surface area contributed by atoms with Gasteiger partial charge in [0.25, 0.3) is 0 Å². The molecule has 0 fully saturated rings. The van der Waals surface area contributed by atoms with Gasteiger partial charge in [0.05, 0.1) is 26.4 Å². The van der Waals surface area contributed by atoms with E-state index in [1.807, 2.05) is 0 Å². The summed E-state index contributed by atoms with van der Waals surface area (Å²) in [6.07, 6.45) is 68.1. The van der Waals surface area contributed by atoms with Gasteiger partial charge in [-0.1, -0.05) is 394 Å². The lowest BCUT2D eigenvalue weighted by atomic mass is 10.0. The number of ether oxygens (including phenoxy) is 4. The lowest BCUT2D eigenvalue weighted by molar-refractivity contribution is -0.161. The highest BCUT2D eigenvalue weighted by Crippen LogP contribution is 2.45. The molecule has 0 radical (unpaired) electrons. The minimum absolute atomic E-state index is 0.109. The molecule has 0 aromatic rings. The Morgan fingerprint density at radius 2 is 0.451 bits per heavy atom. The Morgan fingerprint density at radius 3 is 0.667 bits per heavy atom. The largest absolute Gasteiger partial charge is 0.472 e. The van der Waals surface area contributed by atoms with Crippen LogP contribution in [-0.2, 0) is 65.4 Å². The van der Waals surface area contributed by atoms with Gasteiger partial charge in [-0.05, 0) is 31.6 Å². The molecule has 102 heavy (non-hydrogen) atoms. The molecule has 0 saturated heterocycles. The van der Waals surface area contributed by atoms with Gasteiger partial charge in [-0.3, -0.25) is 37.3 Å². The van der Waals surface area contributed by atoms with Crippen molar-refractivity contribution in [2.75, 3.05) is 39.6 Å². The zero-order valence-electron chi connectivity index (χ0n) is 66.8. The maximum absolute atomic E-state index is 13.1. The predicted molar refractivity (Wildman–Crippen MR) is 418 cm³/mol. The van der Waals surface area contributed by atoms with E-state index in [2.05, 4.69) is 34.6 Å². The summed E-state index contributed by atoms with van der Waals surface area (Å²) < 4.78 is 68.7. The minimum Gasteiger partial charge on any atom is -0.462 e. The average molecular weight is 1490 g/mol. The van der Waals surface area contributed by atoms with Crippen molar-refractivity contribution in [3.8, 4) is 0 Å². The number of hydrogen-bond acceptors (Lipinski definition) is 15. The number of phosphoric acid groups is 2. The third-order valence-corrected chi connectivity index (χ3v) is 21.4. The van der Waals surface area contributed by atoms with Crippen LogP contribution in [0.2, 0.25) is 0 Å². The fourth-order valence-electron chi connectivity index (χ4n) is 12.9. The van der Waals surface area contributed by atoms with Gasteiger partial charge < -0.3 is 33.8 Å². The van der Waals surface area contributed by atoms with Crippen LogP contribution in [-0.4, -0.2) is 96.7 Å². The van der Waals surface area contributed by atoms with Crippen molar-refractivity contribution < 1.29 is 80.2 Å². The molecule has 2 unspecified atom stereocenters. The molecular formula is C83H162O17P2. The van der Waals surface area contributed by atoms with Gasteiger partial charge in [0, 0.05) is 25.7 Å². The number of unbranched alkanes of at least 4 members (excludes halogenated alkanes) is 55. The molecule has 606 valence electrons. The van der Waals surface area contributed by atoms with E-state index in [9.17, 15) is 43.2 Å². The molecule has 0 amide bonds. The molecule has 5 atom stereocenters. The van der Waals surface area contributed by atoms with Crippen molar-refractivity contribution in [3.05, 3.63) is 0 Å². The smallest absolute Gasteiger partial charge is 0.462 e. The second kappa shape index (κ2) is 75.9. The number of carbonyl (C=O) groups is 4. The van der Waals surface area contributed by atoms with E-state index in [4.69, 9.17) is 37.0 Å². The summed E-state index contributed by atoms with van der Waals surface area (Å²) in [5, 5.41) is 10.6. The highest BCUT2D eigenvalue weighted by molar-refractivity contribution is 7.47. The van der Waals surface area contributed by atoms with E-state index in [-0.39, 0.29) is 25.7 Å². The van der Waals surface area contributed by atoms with Gasteiger partial charge in [0.2, 0.25) is 0 Å². The quantitative estimate of drug-likeness (QED) is 0.0222. The number of aliphatic hydroxyl groups excluding tert-OH is 1. The summed E-state index contributed by atoms with van der Waals surface area (Å²) in [6, 6.07) is 0. The molecule has 0 aromatic carbocycles. The first kappa shape index (κ1) is 100. The topological polar surface area (TPSA) is 237 Å². The highest BCUT2D eigenvalue weighted by Gasteiger charge is 2.30.